The lowest BCUT2D eigenvalue weighted by Gasteiger charge is -2.21. The van der Waals surface area contributed by atoms with Gasteiger partial charge in [0.25, 0.3) is 5.91 Å². The predicted octanol–water partition coefficient (Wildman–Crippen LogP) is 4.28. The van der Waals surface area contributed by atoms with Crippen LogP contribution in [0.2, 0.25) is 0 Å². The van der Waals surface area contributed by atoms with Crippen molar-refractivity contribution in [2.75, 3.05) is 0 Å². The van der Waals surface area contributed by atoms with Crippen LogP contribution in [-0.2, 0) is 11.2 Å². The molecule has 2 rings (SSSR count). The number of amides is 1. The molecule has 0 aliphatic carbocycles. The molecule has 0 unspecified atom stereocenters. The van der Waals surface area contributed by atoms with Gasteiger partial charge in [-0.2, -0.15) is 0 Å². The first-order chi connectivity index (χ1) is 11.1. The fraction of sp³-hybridized carbons (Fsp3) is 0.350. The zero-order chi connectivity index (χ0) is 16.7. The van der Waals surface area contributed by atoms with Crippen LogP contribution in [0.1, 0.15) is 44.4 Å². The van der Waals surface area contributed by atoms with Gasteiger partial charge in [0.1, 0.15) is 5.75 Å². The number of carbonyl (C=O) groups is 1. The predicted molar refractivity (Wildman–Crippen MR) is 93.5 cm³/mol. The normalized spacial score (nSPS) is 13.2. The van der Waals surface area contributed by atoms with Crippen LogP contribution in [0.25, 0.3) is 0 Å². The lowest BCUT2D eigenvalue weighted by Crippen LogP contribution is -2.39. The standard InChI is InChI=1S/C20H25NO2/c1-4-16-11-13-18(14-12-16)23-19(5-2)20(22)21-15(3)17-9-7-6-8-10-17/h6-15,19H,4-5H2,1-3H3,(H,21,22)/t15-,19+/m1/s1. The van der Waals surface area contributed by atoms with Crippen LogP contribution >= 0.6 is 0 Å². The van der Waals surface area contributed by atoms with Gasteiger partial charge in [0.2, 0.25) is 0 Å². The zero-order valence-corrected chi connectivity index (χ0v) is 14.1. The number of ether oxygens (including phenoxy) is 1. The molecule has 3 nitrogen and oxygen atoms in total. The molecular formula is C20H25NO2. The van der Waals surface area contributed by atoms with Crippen LogP contribution in [-0.4, -0.2) is 12.0 Å². The minimum Gasteiger partial charge on any atom is -0.481 e. The van der Waals surface area contributed by atoms with E-state index in [4.69, 9.17) is 4.74 Å². The van der Waals surface area contributed by atoms with Gasteiger partial charge in [-0.05, 0) is 43.0 Å². The van der Waals surface area contributed by atoms with Gasteiger partial charge in [0.15, 0.2) is 6.10 Å². The number of nitrogens with one attached hydrogen (secondary N) is 1. The summed E-state index contributed by atoms with van der Waals surface area (Å²) in [7, 11) is 0. The molecule has 0 fully saturated rings. The van der Waals surface area contributed by atoms with Gasteiger partial charge >= 0.3 is 0 Å². The summed E-state index contributed by atoms with van der Waals surface area (Å²) < 4.78 is 5.85. The first kappa shape index (κ1) is 17.1. The van der Waals surface area contributed by atoms with Crippen molar-refractivity contribution in [2.24, 2.45) is 0 Å². The van der Waals surface area contributed by atoms with Gasteiger partial charge in [0.05, 0.1) is 6.04 Å². The second-order valence-corrected chi connectivity index (χ2v) is 5.65. The van der Waals surface area contributed by atoms with E-state index in [1.165, 1.54) is 5.56 Å². The molecule has 0 heterocycles. The van der Waals surface area contributed by atoms with Crippen molar-refractivity contribution < 1.29 is 9.53 Å². The first-order valence-electron chi connectivity index (χ1n) is 8.25. The topological polar surface area (TPSA) is 38.3 Å². The van der Waals surface area contributed by atoms with Crippen molar-refractivity contribution in [3.63, 3.8) is 0 Å². The number of rotatable bonds is 7. The average molecular weight is 311 g/mol. The van der Waals surface area contributed by atoms with Crippen LogP contribution in [0.3, 0.4) is 0 Å². The number of aryl methyl sites for hydroxylation is 1. The molecule has 122 valence electrons. The number of hydrogen-bond acceptors (Lipinski definition) is 2. The van der Waals surface area contributed by atoms with Gasteiger partial charge in [-0.3, -0.25) is 4.79 Å². The second kappa shape index (κ2) is 8.37. The first-order valence-corrected chi connectivity index (χ1v) is 8.25. The van der Waals surface area contributed by atoms with Gasteiger partial charge in [-0.1, -0.05) is 56.3 Å². The third-order valence-electron chi connectivity index (χ3n) is 3.93. The van der Waals surface area contributed by atoms with Crippen LogP contribution < -0.4 is 10.1 Å². The Hall–Kier alpha value is -2.29. The second-order valence-electron chi connectivity index (χ2n) is 5.65. The van der Waals surface area contributed by atoms with E-state index in [-0.39, 0.29) is 11.9 Å². The van der Waals surface area contributed by atoms with Gasteiger partial charge in [-0.15, -0.1) is 0 Å². The molecule has 1 amide bonds. The molecule has 0 saturated heterocycles. The van der Waals surface area contributed by atoms with E-state index in [1.807, 2.05) is 68.4 Å². The third-order valence-corrected chi connectivity index (χ3v) is 3.93. The third kappa shape index (κ3) is 4.85. The molecule has 23 heavy (non-hydrogen) atoms. The van der Waals surface area contributed by atoms with E-state index >= 15 is 0 Å². The van der Waals surface area contributed by atoms with E-state index < -0.39 is 6.10 Å². The van der Waals surface area contributed by atoms with Gasteiger partial charge in [-0.25, -0.2) is 0 Å². The molecule has 0 aliphatic heterocycles. The lowest BCUT2D eigenvalue weighted by molar-refractivity contribution is -0.128. The van der Waals surface area contributed by atoms with Crippen molar-refractivity contribution in [1.82, 2.24) is 5.32 Å². The van der Waals surface area contributed by atoms with Crippen LogP contribution in [0, 0.1) is 0 Å². The van der Waals surface area contributed by atoms with Crippen LogP contribution in [0.5, 0.6) is 5.75 Å². The highest BCUT2D eigenvalue weighted by molar-refractivity contribution is 5.81. The molecule has 2 aromatic rings. The summed E-state index contributed by atoms with van der Waals surface area (Å²) in [6, 6.07) is 17.8. The highest BCUT2D eigenvalue weighted by Crippen LogP contribution is 2.17. The summed E-state index contributed by atoms with van der Waals surface area (Å²) in [5.41, 5.74) is 2.34. The Morgan fingerprint density at radius 3 is 2.26 bits per heavy atom. The van der Waals surface area contributed by atoms with Gasteiger partial charge < -0.3 is 10.1 Å². The lowest BCUT2D eigenvalue weighted by atomic mass is 10.1. The van der Waals surface area contributed by atoms with E-state index in [2.05, 4.69) is 12.2 Å². The van der Waals surface area contributed by atoms with Crippen molar-refractivity contribution in [1.29, 1.82) is 0 Å². The van der Waals surface area contributed by atoms with Crippen LogP contribution in [0.4, 0.5) is 0 Å². The Bertz CT molecular complexity index is 607. The molecule has 2 atom stereocenters. The number of benzene rings is 2. The summed E-state index contributed by atoms with van der Waals surface area (Å²) in [6.07, 6.45) is 1.14. The Kier molecular flexibility index (Phi) is 6.21. The molecule has 3 heteroatoms. The molecular weight excluding hydrogens is 286 g/mol. The SMILES string of the molecule is CCc1ccc(O[C@@H](CC)C(=O)N[C@H](C)c2ccccc2)cc1. The molecule has 2 aromatic carbocycles. The van der Waals surface area contributed by atoms with Gasteiger partial charge in [0, 0.05) is 0 Å². The number of carbonyl (C=O) groups excluding carboxylic acids is 1. The molecule has 0 bridgehead atoms. The van der Waals surface area contributed by atoms with E-state index in [9.17, 15) is 4.79 Å². The van der Waals surface area contributed by atoms with Crippen molar-refractivity contribution in [3.8, 4) is 5.75 Å². The Morgan fingerprint density at radius 1 is 1.04 bits per heavy atom. The fourth-order valence-corrected chi connectivity index (χ4v) is 2.42. The smallest absolute Gasteiger partial charge is 0.261 e. The Labute approximate surface area is 138 Å². The molecule has 0 spiro atoms. The molecule has 0 aromatic heterocycles. The Balaban J connectivity index is 1.97. The van der Waals surface area contributed by atoms with Crippen molar-refractivity contribution in [2.45, 2.75) is 45.8 Å². The highest BCUT2D eigenvalue weighted by atomic mass is 16.5. The maximum Gasteiger partial charge on any atom is 0.261 e. The fourth-order valence-electron chi connectivity index (χ4n) is 2.42. The highest BCUT2D eigenvalue weighted by Gasteiger charge is 2.20. The van der Waals surface area contributed by atoms with E-state index in [1.54, 1.807) is 0 Å². The monoisotopic (exact) mass is 311 g/mol. The maximum absolute atomic E-state index is 12.4. The molecule has 1 N–H and O–H groups in total. The summed E-state index contributed by atoms with van der Waals surface area (Å²) >= 11 is 0. The molecule has 0 aliphatic rings. The quantitative estimate of drug-likeness (QED) is 0.828. The minimum absolute atomic E-state index is 0.0381. The van der Waals surface area contributed by atoms with Crippen molar-refractivity contribution in [3.05, 3.63) is 65.7 Å². The summed E-state index contributed by atoms with van der Waals surface area (Å²) in [4.78, 5) is 12.4. The van der Waals surface area contributed by atoms with Crippen LogP contribution in [0.15, 0.2) is 54.6 Å². The minimum atomic E-state index is -0.478. The summed E-state index contributed by atoms with van der Waals surface area (Å²) in [5, 5.41) is 3.03. The largest absolute Gasteiger partial charge is 0.481 e. The van der Waals surface area contributed by atoms with E-state index in [0.717, 1.165) is 17.7 Å². The zero-order valence-electron chi connectivity index (χ0n) is 14.1. The summed E-state index contributed by atoms with van der Waals surface area (Å²) in [6.45, 7) is 6.05. The van der Waals surface area contributed by atoms with Crippen molar-refractivity contribution >= 4 is 5.91 Å². The Morgan fingerprint density at radius 2 is 1.70 bits per heavy atom. The number of hydrogen-bond donors (Lipinski definition) is 1. The maximum atomic E-state index is 12.4. The van der Waals surface area contributed by atoms with E-state index in [0.29, 0.717) is 6.42 Å². The molecule has 0 radical (unpaired) electrons. The molecule has 0 saturated carbocycles. The average Bonchev–Trinajstić information content (AvgIpc) is 2.60. The summed E-state index contributed by atoms with van der Waals surface area (Å²) in [5.74, 6) is 0.653.